The molecular weight excluding hydrogens is 586 g/mol. The van der Waals surface area contributed by atoms with E-state index in [-0.39, 0.29) is 65.2 Å². The Labute approximate surface area is 270 Å². The Kier molecular flexibility index (Phi) is 14.0. The van der Waals surface area contributed by atoms with Crippen molar-refractivity contribution in [3.05, 3.63) is 53.6 Å². The zero-order chi connectivity index (χ0) is 30.3. The molecule has 0 fully saturated rings. The number of unbranched alkanes of at least 4 members (excludes halogenated alkanes) is 5. The van der Waals surface area contributed by atoms with E-state index in [0.29, 0.717) is 6.42 Å². The maximum absolute atomic E-state index is 13.1. The molecule has 42 heavy (non-hydrogen) atoms. The normalized spacial score (nSPS) is 19.5. The predicted molar refractivity (Wildman–Crippen MR) is 147 cm³/mol. The van der Waals surface area contributed by atoms with Crippen molar-refractivity contribution in [2.75, 3.05) is 5.75 Å². The first-order valence-corrected chi connectivity index (χ1v) is 15.1. The van der Waals surface area contributed by atoms with Crippen molar-refractivity contribution < 1.29 is 71.6 Å². The number of benzene rings is 2. The summed E-state index contributed by atoms with van der Waals surface area (Å²) >= 11 is 1.72. The number of aliphatic carboxylic acids is 1. The van der Waals surface area contributed by atoms with E-state index >= 15 is 0 Å². The predicted octanol–water partition coefficient (Wildman–Crippen LogP) is 5.10. The molecule has 3 rings (SSSR count). The maximum Gasteiger partial charge on any atom is 1.00 e. The Morgan fingerprint density at radius 3 is 2.12 bits per heavy atom. The molecule has 1 heterocycles. The van der Waals surface area contributed by atoms with Gasteiger partial charge in [-0.05, 0) is 72.9 Å². The minimum atomic E-state index is -5.63. The molecule has 2 aromatic carbocycles. The second-order valence-corrected chi connectivity index (χ2v) is 12.4. The number of hydrogen-bond acceptors (Lipinski definition) is 5. The molecule has 4 nitrogen and oxygen atoms in total. The molecule has 11 heteroatoms. The van der Waals surface area contributed by atoms with Crippen LogP contribution in [0.15, 0.2) is 47.4 Å². The van der Waals surface area contributed by atoms with Gasteiger partial charge in [-0.3, -0.25) is 0 Å². The van der Waals surface area contributed by atoms with Crippen LogP contribution in [-0.2, 0) is 10.2 Å². The minimum absolute atomic E-state index is 0. The number of phenols is 2. The third kappa shape index (κ3) is 9.76. The monoisotopic (exact) mass is 624 g/mol. The fourth-order valence-corrected chi connectivity index (χ4v) is 7.15. The molecule has 2 aromatic rings. The zero-order valence-electron chi connectivity index (χ0n) is 24.2. The molecule has 0 spiro atoms. The van der Waals surface area contributed by atoms with Gasteiger partial charge < -0.3 is 20.1 Å². The molecular formula is C31H38F5NaO4S. The van der Waals surface area contributed by atoms with E-state index in [1.165, 1.54) is 5.56 Å². The first kappa shape index (κ1) is 36.7. The van der Waals surface area contributed by atoms with Crippen LogP contribution in [0.25, 0.3) is 0 Å². The van der Waals surface area contributed by atoms with Gasteiger partial charge in [0.25, 0.3) is 0 Å². The Morgan fingerprint density at radius 1 is 0.929 bits per heavy atom. The summed E-state index contributed by atoms with van der Waals surface area (Å²) in [6.45, 7) is 2.24. The summed E-state index contributed by atoms with van der Waals surface area (Å²) in [5, 5.41) is 31.1. The van der Waals surface area contributed by atoms with E-state index < -0.39 is 36.8 Å². The second-order valence-electron chi connectivity index (χ2n) is 11.3. The van der Waals surface area contributed by atoms with E-state index in [2.05, 4.69) is 6.92 Å². The molecule has 2 N–H and O–H groups in total. The van der Waals surface area contributed by atoms with E-state index in [1.807, 2.05) is 24.3 Å². The van der Waals surface area contributed by atoms with Crippen molar-refractivity contribution in [3.8, 4) is 11.5 Å². The average molecular weight is 625 g/mol. The van der Waals surface area contributed by atoms with Crippen LogP contribution in [0.2, 0.25) is 0 Å². The van der Waals surface area contributed by atoms with Crippen LogP contribution < -0.4 is 34.7 Å². The first-order chi connectivity index (χ1) is 19.2. The van der Waals surface area contributed by atoms with Crippen LogP contribution in [0, 0.1) is 5.92 Å². The Balaban J connectivity index is 0.00000616. The number of carbonyl (C=O) groups excluding carboxylic acids is 1. The van der Waals surface area contributed by atoms with Gasteiger partial charge in [0.1, 0.15) is 11.5 Å². The zero-order valence-corrected chi connectivity index (χ0v) is 27.0. The summed E-state index contributed by atoms with van der Waals surface area (Å²) in [6, 6.07) is 12.9. The van der Waals surface area contributed by atoms with Gasteiger partial charge in [-0.15, -0.1) is 11.8 Å². The van der Waals surface area contributed by atoms with Gasteiger partial charge in [0.15, 0.2) is 0 Å². The van der Waals surface area contributed by atoms with Crippen molar-refractivity contribution in [2.45, 2.75) is 106 Å². The Hall–Kier alpha value is -1.49. The maximum atomic E-state index is 13.1. The van der Waals surface area contributed by atoms with Crippen molar-refractivity contribution in [1.29, 1.82) is 0 Å². The number of carbonyl (C=O) groups is 1. The molecule has 1 aliphatic heterocycles. The third-order valence-electron chi connectivity index (χ3n) is 8.28. The Bertz CT molecular complexity index is 1150. The van der Waals surface area contributed by atoms with Crippen LogP contribution in [-0.4, -0.2) is 34.0 Å². The van der Waals surface area contributed by atoms with Crippen LogP contribution in [0.3, 0.4) is 0 Å². The number of carboxylic acid groups (broad SMARTS) is 1. The molecule has 0 bridgehead atoms. The molecule has 0 aliphatic carbocycles. The van der Waals surface area contributed by atoms with E-state index in [9.17, 15) is 42.1 Å². The molecule has 3 atom stereocenters. The Morgan fingerprint density at radius 2 is 1.50 bits per heavy atom. The average Bonchev–Trinajstić information content (AvgIpc) is 2.89. The smallest absolute Gasteiger partial charge is 0.550 e. The van der Waals surface area contributed by atoms with Crippen LogP contribution in [0.5, 0.6) is 11.5 Å². The van der Waals surface area contributed by atoms with Gasteiger partial charge in [0, 0.05) is 28.5 Å². The molecule has 0 saturated carbocycles. The number of carboxylic acids is 1. The van der Waals surface area contributed by atoms with Crippen molar-refractivity contribution in [3.63, 3.8) is 0 Å². The molecule has 228 valence electrons. The fraction of sp³-hybridized carbons (Fsp3) is 0.581. The van der Waals surface area contributed by atoms with E-state index in [4.69, 9.17) is 0 Å². The third-order valence-corrected chi connectivity index (χ3v) is 9.69. The quantitative estimate of drug-likeness (QED) is 0.164. The van der Waals surface area contributed by atoms with Crippen LogP contribution in [0.1, 0.15) is 94.6 Å². The SMILES string of the molecule is C[C@]1(c2ccc(O)cc2)CSc2cc(O)ccc2[C@H]1CCCCCCCCC(CCCC(F)(F)C(F)(F)F)C(=O)[O-].[Na+]. The minimum Gasteiger partial charge on any atom is -0.550 e. The van der Waals surface area contributed by atoms with Gasteiger partial charge in [-0.25, -0.2) is 0 Å². The largest absolute Gasteiger partial charge is 1.00 e. The molecule has 0 amide bonds. The van der Waals surface area contributed by atoms with E-state index in [0.717, 1.165) is 54.7 Å². The number of hydrogen-bond donors (Lipinski definition) is 2. The molecule has 0 aromatic heterocycles. The van der Waals surface area contributed by atoms with E-state index in [1.54, 1.807) is 30.0 Å². The number of halogens is 5. The summed E-state index contributed by atoms with van der Waals surface area (Å²) in [5.74, 6) is -5.73. The van der Waals surface area contributed by atoms with Crippen LogP contribution in [0.4, 0.5) is 22.0 Å². The molecule has 0 saturated heterocycles. The summed E-state index contributed by atoms with van der Waals surface area (Å²) in [7, 11) is 0. The van der Waals surface area contributed by atoms with Gasteiger partial charge in [0.2, 0.25) is 0 Å². The molecule has 1 aliphatic rings. The number of aromatic hydroxyl groups is 2. The van der Waals surface area contributed by atoms with Crippen LogP contribution >= 0.6 is 11.8 Å². The number of thioether (sulfide) groups is 1. The number of phenolic OH excluding ortho intramolecular Hbond substituents is 2. The molecule has 0 radical (unpaired) electrons. The summed E-state index contributed by atoms with van der Waals surface area (Å²) in [4.78, 5) is 12.4. The summed E-state index contributed by atoms with van der Waals surface area (Å²) < 4.78 is 63.1. The van der Waals surface area contributed by atoms with Gasteiger partial charge in [-0.1, -0.05) is 63.6 Å². The van der Waals surface area contributed by atoms with Crippen molar-refractivity contribution in [2.24, 2.45) is 5.92 Å². The number of fused-ring (bicyclic) bond motifs is 1. The van der Waals surface area contributed by atoms with Gasteiger partial charge in [0.05, 0.1) is 0 Å². The second kappa shape index (κ2) is 16.0. The summed E-state index contributed by atoms with van der Waals surface area (Å²) in [6.07, 6.45) is -1.66. The van der Waals surface area contributed by atoms with Gasteiger partial charge >= 0.3 is 41.7 Å². The van der Waals surface area contributed by atoms with Crippen molar-refractivity contribution in [1.82, 2.24) is 0 Å². The standard InChI is InChI=1S/C31H39F5O4S.Na/c1-29(22-12-14-23(37)15-13-22)20-41-27-19-24(38)16-17-25(27)26(29)11-7-5-3-2-4-6-9-21(28(39)40)10-8-18-30(32,33)31(34,35)36;/h12-17,19,21,26,37-38H,2-11,18,20H2,1H3,(H,39,40);/q;+1/p-1/t21?,26-,29-;/m1./s1. The topological polar surface area (TPSA) is 80.6 Å². The fourth-order valence-electron chi connectivity index (χ4n) is 5.75. The number of rotatable bonds is 15. The van der Waals surface area contributed by atoms with Gasteiger partial charge in [-0.2, -0.15) is 22.0 Å². The summed E-state index contributed by atoms with van der Waals surface area (Å²) in [5.41, 5.74) is 2.19. The number of alkyl halides is 5. The van der Waals surface area contributed by atoms with Crippen molar-refractivity contribution >= 4 is 17.7 Å². The first-order valence-electron chi connectivity index (χ1n) is 14.2. The molecule has 1 unspecified atom stereocenters.